The van der Waals surface area contributed by atoms with Gasteiger partial charge in [-0.05, 0) is 53.1 Å². The first-order valence-electron chi connectivity index (χ1n) is 6.56. The highest BCUT2D eigenvalue weighted by Gasteiger charge is 2.12. The van der Waals surface area contributed by atoms with Crippen LogP contribution in [-0.2, 0) is 0 Å². The molecule has 2 aromatic rings. The predicted molar refractivity (Wildman–Crippen MR) is 87.3 cm³/mol. The Morgan fingerprint density at radius 1 is 1.32 bits per heavy atom. The molecule has 0 spiro atoms. The van der Waals surface area contributed by atoms with Crippen LogP contribution in [0.4, 0.5) is 10.1 Å². The second-order valence-corrected chi connectivity index (χ2v) is 6.12. The van der Waals surface area contributed by atoms with E-state index >= 15 is 0 Å². The van der Waals surface area contributed by atoms with Crippen LogP contribution in [0.2, 0.25) is 0 Å². The standard InChI is InChI=1S/C15H18FIN2/c1-4-5-18-14-8-13(9(2)3)19-15-11(14)6-10(16)7-12(15)17/h6-9H,4-5H2,1-3H3,(H,18,19). The van der Waals surface area contributed by atoms with Crippen molar-refractivity contribution in [2.45, 2.75) is 33.1 Å². The van der Waals surface area contributed by atoms with E-state index in [1.165, 1.54) is 6.07 Å². The lowest BCUT2D eigenvalue weighted by atomic mass is 10.1. The van der Waals surface area contributed by atoms with Gasteiger partial charge in [0.2, 0.25) is 0 Å². The van der Waals surface area contributed by atoms with Crippen LogP contribution in [0.25, 0.3) is 10.9 Å². The summed E-state index contributed by atoms with van der Waals surface area (Å²) in [4.78, 5) is 4.67. The van der Waals surface area contributed by atoms with Crippen molar-refractivity contribution < 1.29 is 4.39 Å². The fourth-order valence-electron chi connectivity index (χ4n) is 1.97. The van der Waals surface area contributed by atoms with Crippen LogP contribution in [0.1, 0.15) is 38.8 Å². The van der Waals surface area contributed by atoms with Crippen molar-refractivity contribution in [3.63, 3.8) is 0 Å². The number of nitrogens with zero attached hydrogens (tertiary/aromatic N) is 1. The number of pyridine rings is 1. The van der Waals surface area contributed by atoms with Crippen molar-refractivity contribution in [1.82, 2.24) is 4.98 Å². The summed E-state index contributed by atoms with van der Waals surface area (Å²) in [6.07, 6.45) is 1.03. The molecule has 0 fully saturated rings. The highest BCUT2D eigenvalue weighted by Crippen LogP contribution is 2.30. The second kappa shape index (κ2) is 6.03. The molecule has 0 bridgehead atoms. The first-order chi connectivity index (χ1) is 9.02. The number of rotatable bonds is 4. The molecule has 4 heteroatoms. The first-order valence-corrected chi connectivity index (χ1v) is 7.64. The van der Waals surface area contributed by atoms with E-state index in [2.05, 4.69) is 53.7 Å². The summed E-state index contributed by atoms with van der Waals surface area (Å²) in [7, 11) is 0. The zero-order valence-electron chi connectivity index (χ0n) is 11.4. The lowest BCUT2D eigenvalue weighted by Crippen LogP contribution is -2.04. The number of benzene rings is 1. The Kier molecular flexibility index (Phi) is 4.60. The van der Waals surface area contributed by atoms with Crippen LogP contribution in [0.15, 0.2) is 18.2 Å². The highest BCUT2D eigenvalue weighted by atomic mass is 127. The van der Waals surface area contributed by atoms with E-state index in [4.69, 9.17) is 0 Å². The summed E-state index contributed by atoms with van der Waals surface area (Å²) in [6.45, 7) is 7.23. The van der Waals surface area contributed by atoms with Crippen LogP contribution in [0.3, 0.4) is 0 Å². The topological polar surface area (TPSA) is 24.9 Å². The van der Waals surface area contributed by atoms with Gasteiger partial charge in [0.05, 0.1) is 5.52 Å². The molecule has 2 rings (SSSR count). The van der Waals surface area contributed by atoms with Crippen molar-refractivity contribution >= 4 is 39.2 Å². The SMILES string of the molecule is CCCNc1cc(C(C)C)nc2c(I)cc(F)cc12. The van der Waals surface area contributed by atoms with Crippen molar-refractivity contribution in [3.05, 3.63) is 33.3 Å². The Morgan fingerprint density at radius 3 is 2.68 bits per heavy atom. The Morgan fingerprint density at radius 2 is 2.05 bits per heavy atom. The molecule has 0 unspecified atom stereocenters. The summed E-state index contributed by atoms with van der Waals surface area (Å²) in [5, 5.41) is 4.24. The molecular weight excluding hydrogens is 354 g/mol. The van der Waals surface area contributed by atoms with E-state index in [-0.39, 0.29) is 5.82 Å². The molecule has 1 aromatic carbocycles. The van der Waals surface area contributed by atoms with Gasteiger partial charge in [-0.2, -0.15) is 0 Å². The summed E-state index contributed by atoms with van der Waals surface area (Å²) < 4.78 is 14.5. The molecule has 0 aliphatic heterocycles. The monoisotopic (exact) mass is 372 g/mol. The van der Waals surface area contributed by atoms with Gasteiger partial charge in [0.15, 0.2) is 0 Å². The lowest BCUT2D eigenvalue weighted by molar-refractivity contribution is 0.628. The molecule has 2 nitrogen and oxygen atoms in total. The van der Waals surface area contributed by atoms with Crippen molar-refractivity contribution in [2.75, 3.05) is 11.9 Å². The van der Waals surface area contributed by atoms with E-state index in [0.29, 0.717) is 5.92 Å². The Balaban J connectivity index is 2.67. The van der Waals surface area contributed by atoms with E-state index in [9.17, 15) is 4.39 Å². The lowest BCUT2D eigenvalue weighted by Gasteiger charge is -2.14. The van der Waals surface area contributed by atoms with Gasteiger partial charge in [-0.3, -0.25) is 4.98 Å². The number of hydrogen-bond donors (Lipinski definition) is 1. The third-order valence-corrected chi connectivity index (χ3v) is 3.83. The van der Waals surface area contributed by atoms with Gasteiger partial charge in [-0.1, -0.05) is 20.8 Å². The van der Waals surface area contributed by atoms with Crippen LogP contribution in [0, 0.1) is 9.39 Å². The van der Waals surface area contributed by atoms with Crippen molar-refractivity contribution in [3.8, 4) is 0 Å². The van der Waals surface area contributed by atoms with Gasteiger partial charge in [0, 0.05) is 26.9 Å². The average molecular weight is 372 g/mol. The molecule has 1 aromatic heterocycles. The van der Waals surface area contributed by atoms with Crippen LogP contribution in [-0.4, -0.2) is 11.5 Å². The fraction of sp³-hybridized carbons (Fsp3) is 0.400. The minimum atomic E-state index is -0.212. The predicted octanol–water partition coefficient (Wildman–Crippen LogP) is 4.92. The zero-order chi connectivity index (χ0) is 14.0. The Labute approximate surface area is 126 Å². The third-order valence-electron chi connectivity index (χ3n) is 3.01. The second-order valence-electron chi connectivity index (χ2n) is 4.96. The van der Waals surface area contributed by atoms with Crippen molar-refractivity contribution in [2.24, 2.45) is 0 Å². The average Bonchev–Trinajstić information content (AvgIpc) is 2.35. The molecule has 0 amide bonds. The smallest absolute Gasteiger partial charge is 0.125 e. The van der Waals surface area contributed by atoms with Gasteiger partial charge in [-0.25, -0.2) is 4.39 Å². The van der Waals surface area contributed by atoms with Gasteiger partial charge < -0.3 is 5.32 Å². The van der Waals surface area contributed by atoms with E-state index < -0.39 is 0 Å². The molecular formula is C15H18FIN2. The van der Waals surface area contributed by atoms with Crippen LogP contribution in [0.5, 0.6) is 0 Å². The highest BCUT2D eigenvalue weighted by molar-refractivity contribution is 14.1. The molecule has 102 valence electrons. The minimum absolute atomic E-state index is 0.212. The summed E-state index contributed by atoms with van der Waals surface area (Å²) in [6, 6.07) is 5.13. The van der Waals surface area contributed by atoms with Crippen LogP contribution < -0.4 is 5.32 Å². The molecule has 1 heterocycles. The number of nitrogens with one attached hydrogen (secondary N) is 1. The van der Waals surface area contributed by atoms with Gasteiger partial charge in [0.1, 0.15) is 5.82 Å². The molecule has 19 heavy (non-hydrogen) atoms. The summed E-state index contributed by atoms with van der Waals surface area (Å²) >= 11 is 2.15. The Hall–Kier alpha value is -0.910. The maximum absolute atomic E-state index is 13.6. The normalized spacial score (nSPS) is 11.3. The van der Waals surface area contributed by atoms with Gasteiger partial charge >= 0.3 is 0 Å². The largest absolute Gasteiger partial charge is 0.384 e. The Bertz CT molecular complexity index is 596. The first kappa shape index (κ1) is 14.5. The fourth-order valence-corrected chi connectivity index (χ4v) is 2.68. The molecule has 0 aliphatic rings. The van der Waals surface area contributed by atoms with Crippen molar-refractivity contribution in [1.29, 1.82) is 0 Å². The quantitative estimate of drug-likeness (QED) is 0.771. The van der Waals surface area contributed by atoms with Gasteiger partial charge in [0.25, 0.3) is 0 Å². The third kappa shape index (κ3) is 3.16. The number of fused-ring (bicyclic) bond motifs is 1. The maximum Gasteiger partial charge on any atom is 0.125 e. The number of aromatic nitrogens is 1. The molecule has 0 saturated carbocycles. The summed E-state index contributed by atoms with van der Waals surface area (Å²) in [5.41, 5.74) is 2.90. The molecule has 0 radical (unpaired) electrons. The molecule has 0 saturated heterocycles. The van der Waals surface area contributed by atoms with E-state index in [0.717, 1.165) is 38.8 Å². The summed E-state index contributed by atoms with van der Waals surface area (Å²) in [5.74, 6) is 0.142. The molecule has 0 atom stereocenters. The maximum atomic E-state index is 13.6. The van der Waals surface area contributed by atoms with E-state index in [1.807, 2.05) is 6.07 Å². The minimum Gasteiger partial charge on any atom is -0.384 e. The van der Waals surface area contributed by atoms with Gasteiger partial charge in [-0.15, -0.1) is 0 Å². The number of hydrogen-bond acceptors (Lipinski definition) is 2. The number of halogens is 2. The molecule has 1 N–H and O–H groups in total. The molecule has 0 aliphatic carbocycles. The zero-order valence-corrected chi connectivity index (χ0v) is 13.6. The van der Waals surface area contributed by atoms with E-state index in [1.54, 1.807) is 6.07 Å². The van der Waals surface area contributed by atoms with Crippen LogP contribution >= 0.6 is 22.6 Å². The number of anilines is 1.